The minimum atomic E-state index is -0.0300. The third-order valence-electron chi connectivity index (χ3n) is 4.57. The zero-order valence-corrected chi connectivity index (χ0v) is 14.6. The molecule has 1 aromatic heterocycles. The summed E-state index contributed by atoms with van der Waals surface area (Å²) in [5.74, 6) is 0.154. The van der Waals surface area contributed by atoms with E-state index in [0.717, 1.165) is 25.9 Å². The molecule has 6 nitrogen and oxygen atoms in total. The first-order chi connectivity index (χ1) is 11.2. The molecule has 23 heavy (non-hydrogen) atoms. The van der Waals surface area contributed by atoms with Gasteiger partial charge in [0.25, 0.3) is 0 Å². The summed E-state index contributed by atoms with van der Waals surface area (Å²) in [6.45, 7) is 2.64. The highest BCUT2D eigenvalue weighted by Crippen LogP contribution is 2.25. The van der Waals surface area contributed by atoms with E-state index in [4.69, 9.17) is 0 Å². The lowest BCUT2D eigenvalue weighted by molar-refractivity contribution is -0.147. The number of hydrogen-bond acceptors (Lipinski definition) is 3. The zero-order chi connectivity index (χ0) is 16.2. The maximum absolute atomic E-state index is 12.5. The van der Waals surface area contributed by atoms with E-state index in [1.807, 2.05) is 21.8 Å². The van der Waals surface area contributed by atoms with Crippen molar-refractivity contribution in [1.82, 2.24) is 19.6 Å². The zero-order valence-electron chi connectivity index (χ0n) is 13.0. The van der Waals surface area contributed by atoms with E-state index in [1.165, 1.54) is 0 Å². The van der Waals surface area contributed by atoms with Crippen LogP contribution in [0, 0.1) is 5.92 Å². The van der Waals surface area contributed by atoms with Gasteiger partial charge in [0.2, 0.25) is 11.8 Å². The van der Waals surface area contributed by atoms with Crippen molar-refractivity contribution in [1.29, 1.82) is 0 Å². The summed E-state index contributed by atoms with van der Waals surface area (Å²) in [5, 5.41) is 4.95. The fraction of sp³-hybridized carbons (Fsp3) is 0.562. The lowest BCUT2D eigenvalue weighted by Crippen LogP contribution is -2.57. The summed E-state index contributed by atoms with van der Waals surface area (Å²) in [5.41, 5.74) is 0. The van der Waals surface area contributed by atoms with Gasteiger partial charge in [-0.25, -0.2) is 0 Å². The van der Waals surface area contributed by atoms with E-state index < -0.39 is 0 Å². The smallest absolute Gasteiger partial charge is 0.246 e. The molecule has 2 fully saturated rings. The minimum absolute atomic E-state index is 0.00843. The van der Waals surface area contributed by atoms with E-state index in [9.17, 15) is 9.59 Å². The van der Waals surface area contributed by atoms with Crippen LogP contribution in [0.3, 0.4) is 0 Å². The largest absolute Gasteiger partial charge is 0.342 e. The first-order valence-corrected chi connectivity index (χ1v) is 9.10. The Kier molecular flexibility index (Phi) is 5.15. The number of alkyl halides is 1. The maximum atomic E-state index is 12.5. The van der Waals surface area contributed by atoms with Gasteiger partial charge >= 0.3 is 0 Å². The molecule has 1 aromatic rings. The number of carbonyl (C=O) groups excluding carboxylic acids is 2. The van der Waals surface area contributed by atoms with Gasteiger partial charge in [0, 0.05) is 43.9 Å². The molecule has 2 saturated heterocycles. The van der Waals surface area contributed by atoms with Crippen LogP contribution in [0.1, 0.15) is 18.9 Å². The van der Waals surface area contributed by atoms with Gasteiger partial charge in [-0.15, -0.1) is 0 Å². The van der Waals surface area contributed by atoms with Crippen LogP contribution in [0.15, 0.2) is 30.6 Å². The topological polar surface area (TPSA) is 58.4 Å². The fourth-order valence-electron chi connectivity index (χ4n) is 3.17. The molecule has 2 aliphatic heterocycles. The van der Waals surface area contributed by atoms with Crippen LogP contribution >= 0.6 is 15.9 Å². The summed E-state index contributed by atoms with van der Waals surface area (Å²) < 4.78 is 1.99. The Morgan fingerprint density at radius 3 is 2.57 bits per heavy atom. The monoisotopic (exact) mass is 380 g/mol. The molecular formula is C16H21BrN4O2. The van der Waals surface area contributed by atoms with E-state index >= 15 is 0 Å². The van der Waals surface area contributed by atoms with Gasteiger partial charge in [0.15, 0.2) is 0 Å². The summed E-state index contributed by atoms with van der Waals surface area (Å²) in [6, 6.07) is 2.32. The van der Waals surface area contributed by atoms with Crippen molar-refractivity contribution in [3.05, 3.63) is 30.6 Å². The minimum Gasteiger partial charge on any atom is -0.342 e. The first-order valence-electron chi connectivity index (χ1n) is 7.98. The normalized spacial score (nSPS) is 20.0. The van der Waals surface area contributed by atoms with Crippen molar-refractivity contribution in [2.24, 2.45) is 5.92 Å². The average molecular weight is 381 g/mol. The highest BCUT2D eigenvalue weighted by atomic mass is 79.9. The van der Waals surface area contributed by atoms with E-state index in [0.29, 0.717) is 24.5 Å². The van der Waals surface area contributed by atoms with E-state index in [-0.39, 0.29) is 17.7 Å². The van der Waals surface area contributed by atoms with Crippen LogP contribution in [-0.2, 0) is 9.59 Å². The molecule has 2 amide bonds. The van der Waals surface area contributed by atoms with Gasteiger partial charge in [-0.3, -0.25) is 14.3 Å². The molecule has 0 saturated carbocycles. The Bertz CT molecular complexity index is 573. The highest BCUT2D eigenvalue weighted by Gasteiger charge is 2.38. The molecule has 3 rings (SSSR count). The Balaban J connectivity index is 1.44. The van der Waals surface area contributed by atoms with Crippen LogP contribution in [0.2, 0.25) is 0 Å². The molecule has 0 unspecified atom stereocenters. The quantitative estimate of drug-likeness (QED) is 0.586. The number of carbonyl (C=O) groups is 2. The molecule has 0 aliphatic carbocycles. The number of likely N-dealkylation sites (tertiary alicyclic amines) is 2. The number of aromatic nitrogens is 2. The third-order valence-corrected chi connectivity index (χ3v) is 4.94. The number of nitrogens with zero attached hydrogens (tertiary/aromatic N) is 4. The molecular weight excluding hydrogens is 360 g/mol. The number of piperidine rings is 1. The second-order valence-electron chi connectivity index (χ2n) is 6.04. The molecule has 124 valence electrons. The van der Waals surface area contributed by atoms with Crippen molar-refractivity contribution in [3.63, 3.8) is 0 Å². The van der Waals surface area contributed by atoms with Gasteiger partial charge in [-0.2, -0.15) is 5.10 Å². The lowest BCUT2D eigenvalue weighted by atomic mass is 9.96. The molecule has 0 spiro atoms. The van der Waals surface area contributed by atoms with Crippen molar-refractivity contribution in [3.8, 4) is 0 Å². The summed E-state index contributed by atoms with van der Waals surface area (Å²) in [6.07, 6.45) is 9.00. The van der Waals surface area contributed by atoms with Crippen LogP contribution in [-0.4, -0.2) is 62.9 Å². The Morgan fingerprint density at radius 2 is 1.96 bits per heavy atom. The van der Waals surface area contributed by atoms with Gasteiger partial charge in [0.05, 0.1) is 12.0 Å². The van der Waals surface area contributed by atoms with Gasteiger partial charge in [-0.05, 0) is 25.0 Å². The lowest BCUT2D eigenvalue weighted by Gasteiger charge is -2.41. The van der Waals surface area contributed by atoms with Crippen LogP contribution < -0.4 is 0 Å². The SMILES string of the molecule is O=C(C=CCBr)N1CC(C(=O)N2CCC(n3cccn3)CC2)C1. The molecule has 3 heterocycles. The van der Waals surface area contributed by atoms with Gasteiger partial charge in [0.1, 0.15) is 0 Å². The Morgan fingerprint density at radius 1 is 1.22 bits per heavy atom. The van der Waals surface area contributed by atoms with E-state index in [2.05, 4.69) is 21.0 Å². The van der Waals surface area contributed by atoms with Gasteiger partial charge in [-0.1, -0.05) is 22.0 Å². The Labute approximate surface area is 144 Å². The molecule has 7 heteroatoms. The molecule has 2 aliphatic rings. The Hall–Kier alpha value is -1.63. The summed E-state index contributed by atoms with van der Waals surface area (Å²) >= 11 is 3.25. The number of allylic oxidation sites excluding steroid dienone is 1. The number of rotatable bonds is 4. The summed E-state index contributed by atoms with van der Waals surface area (Å²) in [7, 11) is 0. The van der Waals surface area contributed by atoms with Crippen molar-refractivity contribution < 1.29 is 9.59 Å². The first kappa shape index (κ1) is 16.2. The standard InChI is InChI=1S/C16H21BrN4O2/c17-6-1-3-15(22)20-11-13(12-20)16(23)19-9-4-14(5-10-19)21-8-2-7-18-21/h1-3,7-8,13-14H,4-6,9-12H2. The molecule has 0 radical (unpaired) electrons. The van der Waals surface area contributed by atoms with E-state index in [1.54, 1.807) is 23.2 Å². The molecule has 0 bridgehead atoms. The second kappa shape index (κ2) is 7.29. The van der Waals surface area contributed by atoms with Crippen LogP contribution in [0.4, 0.5) is 0 Å². The fourth-order valence-corrected chi connectivity index (χ4v) is 3.36. The highest BCUT2D eigenvalue weighted by molar-refractivity contribution is 9.09. The van der Waals surface area contributed by atoms with Crippen molar-refractivity contribution in [2.75, 3.05) is 31.5 Å². The third kappa shape index (κ3) is 3.65. The molecule has 0 aromatic carbocycles. The molecule has 0 atom stereocenters. The number of halogens is 1. The second-order valence-corrected chi connectivity index (χ2v) is 6.69. The predicted molar refractivity (Wildman–Crippen MR) is 90.1 cm³/mol. The van der Waals surface area contributed by atoms with Crippen LogP contribution in [0.5, 0.6) is 0 Å². The van der Waals surface area contributed by atoms with Gasteiger partial charge < -0.3 is 9.80 Å². The summed E-state index contributed by atoms with van der Waals surface area (Å²) in [4.78, 5) is 27.9. The van der Waals surface area contributed by atoms with Crippen molar-refractivity contribution >= 4 is 27.7 Å². The maximum Gasteiger partial charge on any atom is 0.246 e. The number of amides is 2. The predicted octanol–water partition coefficient (Wildman–Crippen LogP) is 1.46. The van der Waals surface area contributed by atoms with Crippen molar-refractivity contribution in [2.45, 2.75) is 18.9 Å². The van der Waals surface area contributed by atoms with Crippen LogP contribution in [0.25, 0.3) is 0 Å². The molecule has 0 N–H and O–H groups in total. The number of hydrogen-bond donors (Lipinski definition) is 0. The average Bonchev–Trinajstić information content (AvgIpc) is 3.06.